The van der Waals surface area contributed by atoms with E-state index in [4.69, 9.17) is 5.73 Å². The van der Waals surface area contributed by atoms with Crippen LogP contribution in [0.3, 0.4) is 0 Å². The monoisotopic (exact) mass is 206 g/mol. The zero-order valence-electron chi connectivity index (χ0n) is 7.99. The fourth-order valence-electron chi connectivity index (χ4n) is 1.62. The van der Waals surface area contributed by atoms with Gasteiger partial charge in [0.15, 0.2) is 0 Å². The molecular formula is C8H18N2O2S. The van der Waals surface area contributed by atoms with E-state index in [1.165, 1.54) is 6.26 Å². The van der Waals surface area contributed by atoms with Gasteiger partial charge in [-0.3, -0.25) is 0 Å². The molecule has 5 heteroatoms. The van der Waals surface area contributed by atoms with E-state index in [0.717, 1.165) is 19.4 Å². The highest BCUT2D eigenvalue weighted by Crippen LogP contribution is 2.10. The van der Waals surface area contributed by atoms with E-state index in [0.29, 0.717) is 12.5 Å². The molecule has 0 spiro atoms. The Morgan fingerprint density at radius 1 is 1.54 bits per heavy atom. The molecule has 0 amide bonds. The molecule has 0 aromatic rings. The molecule has 2 atom stereocenters. The van der Waals surface area contributed by atoms with Gasteiger partial charge >= 0.3 is 0 Å². The molecule has 0 radical (unpaired) electrons. The van der Waals surface area contributed by atoms with Gasteiger partial charge in [0.2, 0.25) is 0 Å². The summed E-state index contributed by atoms with van der Waals surface area (Å²) >= 11 is 0. The van der Waals surface area contributed by atoms with Gasteiger partial charge in [-0.15, -0.1) is 0 Å². The smallest absolute Gasteiger partial charge is 0.147 e. The maximum atomic E-state index is 10.9. The Hall–Kier alpha value is -0.130. The molecule has 1 saturated heterocycles. The second-order valence-electron chi connectivity index (χ2n) is 3.85. The van der Waals surface area contributed by atoms with E-state index in [1.807, 2.05) is 0 Å². The van der Waals surface area contributed by atoms with Crippen molar-refractivity contribution in [2.45, 2.75) is 31.3 Å². The number of hydrogen-bond donors (Lipinski definition) is 2. The minimum atomic E-state index is -2.82. The number of sulfone groups is 1. The number of nitrogens with two attached hydrogens (primary N) is 1. The zero-order valence-corrected chi connectivity index (χ0v) is 8.81. The van der Waals surface area contributed by atoms with Crippen molar-refractivity contribution in [3.8, 4) is 0 Å². The molecule has 2 unspecified atom stereocenters. The van der Waals surface area contributed by atoms with Crippen molar-refractivity contribution >= 4 is 9.84 Å². The summed E-state index contributed by atoms with van der Waals surface area (Å²) in [5, 5.41) is 3.28. The van der Waals surface area contributed by atoms with Crippen LogP contribution in [0.2, 0.25) is 0 Å². The largest absolute Gasteiger partial charge is 0.328 e. The molecule has 0 aliphatic carbocycles. The van der Waals surface area contributed by atoms with Crippen LogP contribution in [0.15, 0.2) is 0 Å². The average molecular weight is 206 g/mol. The van der Waals surface area contributed by atoms with Crippen LogP contribution in [-0.2, 0) is 9.84 Å². The summed E-state index contributed by atoms with van der Waals surface area (Å²) in [7, 11) is -2.82. The molecular weight excluding hydrogens is 188 g/mol. The predicted octanol–water partition coefficient (Wildman–Crippen LogP) is -0.500. The van der Waals surface area contributed by atoms with E-state index >= 15 is 0 Å². The highest BCUT2D eigenvalue weighted by molar-refractivity contribution is 7.90. The SMILES string of the molecule is CS(=O)(=O)CCC1CC(N)CCN1. The zero-order chi connectivity index (χ0) is 9.90. The third-order valence-electron chi connectivity index (χ3n) is 2.37. The maximum absolute atomic E-state index is 10.9. The van der Waals surface area contributed by atoms with Gasteiger partial charge in [0.05, 0.1) is 5.75 Å². The first-order valence-electron chi connectivity index (χ1n) is 4.64. The molecule has 0 bridgehead atoms. The summed E-state index contributed by atoms with van der Waals surface area (Å²) in [5.74, 6) is 0.261. The fraction of sp³-hybridized carbons (Fsp3) is 1.00. The normalized spacial score (nSPS) is 30.3. The Kier molecular flexibility index (Phi) is 3.70. The van der Waals surface area contributed by atoms with Gasteiger partial charge < -0.3 is 11.1 Å². The summed E-state index contributed by atoms with van der Waals surface area (Å²) < 4.78 is 21.8. The predicted molar refractivity (Wildman–Crippen MR) is 53.3 cm³/mol. The standard InChI is InChI=1S/C8H18N2O2S/c1-13(11,12)5-3-8-6-7(9)2-4-10-8/h7-8,10H,2-6,9H2,1H3. The highest BCUT2D eigenvalue weighted by atomic mass is 32.2. The molecule has 4 nitrogen and oxygen atoms in total. The van der Waals surface area contributed by atoms with E-state index in [-0.39, 0.29) is 11.8 Å². The molecule has 0 aromatic carbocycles. The van der Waals surface area contributed by atoms with Crippen LogP contribution in [0.25, 0.3) is 0 Å². The molecule has 1 fully saturated rings. The average Bonchev–Trinajstić information content (AvgIpc) is 2.00. The Labute approximate surface area is 79.8 Å². The lowest BCUT2D eigenvalue weighted by Gasteiger charge is -2.27. The second kappa shape index (κ2) is 4.39. The van der Waals surface area contributed by atoms with E-state index < -0.39 is 9.84 Å². The highest BCUT2D eigenvalue weighted by Gasteiger charge is 2.19. The van der Waals surface area contributed by atoms with Crippen LogP contribution in [0.5, 0.6) is 0 Å². The molecule has 0 saturated carbocycles. The lowest BCUT2D eigenvalue weighted by Crippen LogP contribution is -2.44. The minimum Gasteiger partial charge on any atom is -0.328 e. The van der Waals surface area contributed by atoms with Crippen molar-refractivity contribution in [3.63, 3.8) is 0 Å². The molecule has 0 aromatic heterocycles. The minimum absolute atomic E-state index is 0.241. The summed E-state index contributed by atoms with van der Waals surface area (Å²) in [6.45, 7) is 0.912. The van der Waals surface area contributed by atoms with Gasteiger partial charge in [-0.2, -0.15) is 0 Å². The quantitative estimate of drug-likeness (QED) is 0.653. The van der Waals surface area contributed by atoms with E-state index in [2.05, 4.69) is 5.32 Å². The number of nitrogens with one attached hydrogen (secondary N) is 1. The maximum Gasteiger partial charge on any atom is 0.147 e. The van der Waals surface area contributed by atoms with Crippen LogP contribution in [-0.4, -0.2) is 39.1 Å². The lowest BCUT2D eigenvalue weighted by molar-refractivity contribution is 0.355. The van der Waals surface area contributed by atoms with Gasteiger partial charge in [0.25, 0.3) is 0 Å². The molecule has 1 aliphatic rings. The first kappa shape index (κ1) is 10.9. The number of hydrogen-bond acceptors (Lipinski definition) is 4. The van der Waals surface area contributed by atoms with Crippen LogP contribution in [0.4, 0.5) is 0 Å². The van der Waals surface area contributed by atoms with Gasteiger partial charge in [-0.1, -0.05) is 0 Å². The summed E-state index contributed by atoms with van der Waals surface area (Å²) in [6.07, 6.45) is 3.85. The lowest BCUT2D eigenvalue weighted by atomic mass is 9.99. The Morgan fingerprint density at radius 3 is 2.77 bits per heavy atom. The van der Waals surface area contributed by atoms with Crippen LogP contribution in [0, 0.1) is 0 Å². The van der Waals surface area contributed by atoms with Crippen molar-refractivity contribution in [2.75, 3.05) is 18.6 Å². The first-order chi connectivity index (χ1) is 5.97. The Morgan fingerprint density at radius 2 is 2.23 bits per heavy atom. The van der Waals surface area contributed by atoms with E-state index in [9.17, 15) is 8.42 Å². The first-order valence-corrected chi connectivity index (χ1v) is 6.70. The Bertz CT molecular complexity index is 251. The van der Waals surface area contributed by atoms with Gasteiger partial charge in [-0.05, 0) is 25.8 Å². The summed E-state index contributed by atoms with van der Waals surface area (Å²) in [6, 6.07) is 0.532. The van der Waals surface area contributed by atoms with Crippen molar-refractivity contribution in [1.29, 1.82) is 0 Å². The fourth-order valence-corrected chi connectivity index (χ4v) is 2.33. The third kappa shape index (κ3) is 4.59. The van der Waals surface area contributed by atoms with Crippen molar-refractivity contribution in [2.24, 2.45) is 5.73 Å². The molecule has 78 valence electrons. The summed E-state index contributed by atoms with van der Waals surface area (Å²) in [4.78, 5) is 0. The molecule has 1 aliphatic heterocycles. The Balaban J connectivity index is 2.29. The van der Waals surface area contributed by atoms with Crippen molar-refractivity contribution in [3.05, 3.63) is 0 Å². The molecule has 13 heavy (non-hydrogen) atoms. The third-order valence-corrected chi connectivity index (χ3v) is 3.35. The van der Waals surface area contributed by atoms with Gasteiger partial charge in [-0.25, -0.2) is 8.42 Å². The van der Waals surface area contributed by atoms with Crippen LogP contribution < -0.4 is 11.1 Å². The molecule has 1 rings (SSSR count). The van der Waals surface area contributed by atoms with Gasteiger partial charge in [0.1, 0.15) is 9.84 Å². The van der Waals surface area contributed by atoms with Crippen LogP contribution in [0.1, 0.15) is 19.3 Å². The second-order valence-corrected chi connectivity index (χ2v) is 6.11. The summed E-state index contributed by atoms with van der Waals surface area (Å²) in [5.41, 5.74) is 5.78. The van der Waals surface area contributed by atoms with Crippen LogP contribution >= 0.6 is 0 Å². The van der Waals surface area contributed by atoms with E-state index in [1.54, 1.807) is 0 Å². The topological polar surface area (TPSA) is 72.2 Å². The van der Waals surface area contributed by atoms with Gasteiger partial charge in [0, 0.05) is 18.3 Å². The molecule has 1 heterocycles. The van der Waals surface area contributed by atoms with Crippen molar-refractivity contribution in [1.82, 2.24) is 5.32 Å². The van der Waals surface area contributed by atoms with Crippen molar-refractivity contribution < 1.29 is 8.42 Å². The molecule has 3 N–H and O–H groups in total. The number of rotatable bonds is 3. The number of piperidine rings is 1.